The molecule has 0 saturated heterocycles. The molecule has 42 heavy (non-hydrogen) atoms. The SMILES string of the molecule is C[C@@H]1CN([C@@H](C)CO)C(=O)Cc2cc(NS(=O)(=O)c3ccc(F)cc3)ccc2O[C@@H]1CN(C)S(=O)(=O)c1ccccc1. The van der Waals surface area contributed by atoms with Crippen LogP contribution in [0.4, 0.5) is 10.1 Å². The van der Waals surface area contributed by atoms with Crippen molar-refractivity contribution in [3.05, 3.63) is 84.2 Å². The van der Waals surface area contributed by atoms with Gasteiger partial charge < -0.3 is 14.7 Å². The Labute approximate surface area is 245 Å². The van der Waals surface area contributed by atoms with Gasteiger partial charge in [-0.2, -0.15) is 4.31 Å². The first kappa shape index (κ1) is 31.4. The Morgan fingerprint density at radius 1 is 1.05 bits per heavy atom. The zero-order valence-corrected chi connectivity index (χ0v) is 25.1. The summed E-state index contributed by atoms with van der Waals surface area (Å²) in [6.45, 7) is 3.43. The summed E-state index contributed by atoms with van der Waals surface area (Å²) in [4.78, 5) is 14.9. The number of amides is 1. The van der Waals surface area contributed by atoms with Crippen molar-refractivity contribution >= 4 is 31.6 Å². The van der Waals surface area contributed by atoms with Crippen LogP contribution in [0, 0.1) is 11.7 Å². The molecule has 1 aliphatic rings. The lowest BCUT2D eigenvalue weighted by Crippen LogP contribution is -2.48. The number of hydrogen-bond donors (Lipinski definition) is 2. The summed E-state index contributed by atoms with van der Waals surface area (Å²) in [7, 11) is -6.44. The second-order valence-corrected chi connectivity index (χ2v) is 14.1. The normalized spacial score (nSPS) is 18.8. The average Bonchev–Trinajstić information content (AvgIpc) is 3.00. The van der Waals surface area contributed by atoms with Crippen LogP contribution in [0.25, 0.3) is 0 Å². The number of carbonyl (C=O) groups is 1. The van der Waals surface area contributed by atoms with E-state index in [-0.39, 0.29) is 53.4 Å². The molecular formula is C29H34FN3O7S2. The van der Waals surface area contributed by atoms with Crippen LogP contribution < -0.4 is 9.46 Å². The molecule has 2 N–H and O–H groups in total. The second kappa shape index (κ2) is 12.8. The van der Waals surface area contributed by atoms with Crippen molar-refractivity contribution in [2.75, 3.05) is 31.5 Å². The van der Waals surface area contributed by atoms with Crippen LogP contribution in [0.15, 0.2) is 82.6 Å². The molecule has 0 aliphatic carbocycles. The Balaban J connectivity index is 1.68. The summed E-state index contributed by atoms with van der Waals surface area (Å²) in [5, 5.41) is 9.85. The standard InChI is InChI=1S/C29H34FN3O7S2/c1-20-17-33(21(2)19-34)29(35)16-22-15-24(31-41(36,37)25-12-9-23(30)10-13-25)11-14-27(22)40-28(20)18-32(3)42(38,39)26-7-5-4-6-8-26/h4-15,20-21,28,31,34H,16-19H2,1-3H3/t20-,21+,28-/m1/s1. The van der Waals surface area contributed by atoms with Crippen molar-refractivity contribution in [1.82, 2.24) is 9.21 Å². The average molecular weight is 620 g/mol. The van der Waals surface area contributed by atoms with E-state index in [4.69, 9.17) is 4.74 Å². The fourth-order valence-corrected chi connectivity index (χ4v) is 6.92. The number of sulfonamides is 2. The number of hydrogen-bond acceptors (Lipinski definition) is 7. The molecule has 0 saturated carbocycles. The highest BCUT2D eigenvalue weighted by atomic mass is 32.2. The minimum atomic E-state index is -4.06. The van der Waals surface area contributed by atoms with Crippen molar-refractivity contribution in [1.29, 1.82) is 0 Å². The van der Waals surface area contributed by atoms with Gasteiger partial charge in [0.05, 0.1) is 35.4 Å². The van der Waals surface area contributed by atoms with Gasteiger partial charge in [0.2, 0.25) is 15.9 Å². The van der Waals surface area contributed by atoms with E-state index in [0.29, 0.717) is 11.3 Å². The Bertz CT molecular complexity index is 1620. The molecule has 0 fully saturated rings. The number of benzene rings is 3. The third kappa shape index (κ3) is 7.09. The van der Waals surface area contributed by atoms with E-state index >= 15 is 0 Å². The first-order chi connectivity index (χ1) is 19.8. The molecule has 0 bridgehead atoms. The second-order valence-electron chi connectivity index (χ2n) is 10.4. The van der Waals surface area contributed by atoms with Gasteiger partial charge in [0.25, 0.3) is 10.0 Å². The number of nitrogens with zero attached hydrogens (tertiary/aromatic N) is 2. The van der Waals surface area contributed by atoms with Gasteiger partial charge in [0, 0.05) is 30.8 Å². The van der Waals surface area contributed by atoms with Gasteiger partial charge in [0.1, 0.15) is 17.7 Å². The third-order valence-corrected chi connectivity index (χ3v) is 10.4. The van der Waals surface area contributed by atoms with Gasteiger partial charge in [0.15, 0.2) is 0 Å². The van der Waals surface area contributed by atoms with Crippen LogP contribution in [0.1, 0.15) is 19.4 Å². The molecule has 0 aromatic heterocycles. The highest BCUT2D eigenvalue weighted by Gasteiger charge is 2.33. The zero-order valence-electron chi connectivity index (χ0n) is 23.5. The van der Waals surface area contributed by atoms with E-state index < -0.39 is 38.0 Å². The third-order valence-electron chi connectivity index (χ3n) is 7.18. The minimum Gasteiger partial charge on any atom is -0.488 e. The van der Waals surface area contributed by atoms with E-state index in [1.807, 2.05) is 6.92 Å². The van der Waals surface area contributed by atoms with Crippen molar-refractivity contribution in [3.63, 3.8) is 0 Å². The molecule has 0 radical (unpaired) electrons. The first-order valence-corrected chi connectivity index (χ1v) is 16.2. The van der Waals surface area contributed by atoms with Crippen LogP contribution in [-0.2, 0) is 31.3 Å². The zero-order chi connectivity index (χ0) is 30.7. The highest BCUT2D eigenvalue weighted by Crippen LogP contribution is 2.30. The van der Waals surface area contributed by atoms with Gasteiger partial charge in [-0.1, -0.05) is 25.1 Å². The Morgan fingerprint density at radius 2 is 1.71 bits per heavy atom. The summed E-state index contributed by atoms with van der Waals surface area (Å²) >= 11 is 0. The molecule has 3 atom stereocenters. The largest absolute Gasteiger partial charge is 0.488 e. The molecular weight excluding hydrogens is 585 g/mol. The summed E-state index contributed by atoms with van der Waals surface area (Å²) in [5.74, 6) is -0.931. The number of carbonyl (C=O) groups excluding carboxylic acids is 1. The molecule has 226 valence electrons. The summed E-state index contributed by atoms with van der Waals surface area (Å²) in [6, 6.07) is 16.3. The Hall–Kier alpha value is -3.52. The van der Waals surface area contributed by atoms with Crippen molar-refractivity contribution < 1.29 is 35.9 Å². The smallest absolute Gasteiger partial charge is 0.261 e. The maximum atomic E-state index is 13.4. The van der Waals surface area contributed by atoms with Crippen molar-refractivity contribution in [2.45, 2.75) is 42.2 Å². The number of aliphatic hydroxyl groups excluding tert-OH is 1. The molecule has 0 spiro atoms. The Morgan fingerprint density at radius 3 is 2.36 bits per heavy atom. The number of anilines is 1. The highest BCUT2D eigenvalue weighted by molar-refractivity contribution is 7.92. The lowest BCUT2D eigenvalue weighted by molar-refractivity contribution is -0.134. The maximum absolute atomic E-state index is 13.4. The van der Waals surface area contributed by atoms with E-state index in [0.717, 1.165) is 24.3 Å². The predicted octanol–water partition coefficient (Wildman–Crippen LogP) is 3.10. The molecule has 3 aromatic carbocycles. The maximum Gasteiger partial charge on any atom is 0.261 e. The summed E-state index contributed by atoms with van der Waals surface area (Å²) in [5.41, 5.74) is 0.533. The van der Waals surface area contributed by atoms with E-state index in [9.17, 15) is 31.1 Å². The summed E-state index contributed by atoms with van der Waals surface area (Å²) < 4.78 is 75.6. The monoisotopic (exact) mass is 619 g/mol. The van der Waals surface area contributed by atoms with Crippen LogP contribution >= 0.6 is 0 Å². The van der Waals surface area contributed by atoms with Crippen LogP contribution in [0.5, 0.6) is 5.75 Å². The lowest BCUT2D eigenvalue weighted by atomic mass is 10.0. The van der Waals surface area contributed by atoms with Gasteiger partial charge in [-0.3, -0.25) is 9.52 Å². The van der Waals surface area contributed by atoms with E-state index in [2.05, 4.69) is 4.72 Å². The fourth-order valence-electron chi connectivity index (χ4n) is 4.66. The van der Waals surface area contributed by atoms with Crippen molar-refractivity contribution in [2.24, 2.45) is 5.92 Å². The minimum absolute atomic E-state index is 0.0354. The van der Waals surface area contributed by atoms with Crippen molar-refractivity contribution in [3.8, 4) is 5.75 Å². The van der Waals surface area contributed by atoms with Gasteiger partial charge in [-0.25, -0.2) is 21.2 Å². The lowest BCUT2D eigenvalue weighted by Gasteiger charge is -2.33. The number of aliphatic hydroxyl groups is 1. The number of halogens is 1. The van der Waals surface area contributed by atoms with Gasteiger partial charge >= 0.3 is 0 Å². The molecule has 0 unspecified atom stereocenters. The number of likely N-dealkylation sites (N-methyl/N-ethyl adjacent to an activating group) is 1. The molecule has 10 nitrogen and oxygen atoms in total. The summed E-state index contributed by atoms with van der Waals surface area (Å²) in [6.07, 6.45) is -0.850. The predicted molar refractivity (Wildman–Crippen MR) is 155 cm³/mol. The number of ether oxygens (including phenoxy) is 1. The molecule has 3 aromatic rings. The molecule has 4 rings (SSSR count). The number of rotatable bonds is 9. The quantitative estimate of drug-likeness (QED) is 0.376. The van der Waals surface area contributed by atoms with Crippen LogP contribution in [-0.4, -0.2) is 75.9 Å². The van der Waals surface area contributed by atoms with E-state index in [1.54, 1.807) is 25.1 Å². The fraction of sp³-hybridized carbons (Fsp3) is 0.345. The molecule has 1 amide bonds. The van der Waals surface area contributed by atoms with Crippen LogP contribution in [0.3, 0.4) is 0 Å². The van der Waals surface area contributed by atoms with E-state index in [1.165, 1.54) is 46.6 Å². The van der Waals surface area contributed by atoms with Gasteiger partial charge in [-0.05, 0) is 61.5 Å². The first-order valence-electron chi connectivity index (χ1n) is 13.3. The number of nitrogens with one attached hydrogen (secondary N) is 1. The number of fused-ring (bicyclic) bond motifs is 1. The molecule has 1 aliphatic heterocycles. The van der Waals surface area contributed by atoms with Crippen LogP contribution in [0.2, 0.25) is 0 Å². The van der Waals surface area contributed by atoms with Gasteiger partial charge in [-0.15, -0.1) is 0 Å². The molecule has 13 heteroatoms. The molecule has 1 heterocycles. The Kier molecular flexibility index (Phi) is 9.56. The topological polar surface area (TPSA) is 133 Å².